The predicted molar refractivity (Wildman–Crippen MR) is 105 cm³/mol. The molecule has 0 spiro atoms. The standard InChI is InChI=1S/C19H24N8O2/c1-14-12-26(3-4-27(14)19(28)25-5-7-29-8-6-25)17-11-21-16(9-20)18(23-17)15-10-22-24(2)13-15/h10-11,13-14H,3-8,12H2,1-2H3/t14-/m1/s1. The van der Waals surface area contributed by atoms with E-state index in [9.17, 15) is 10.1 Å². The molecule has 0 aliphatic carbocycles. The van der Waals surface area contributed by atoms with E-state index in [4.69, 9.17) is 9.72 Å². The summed E-state index contributed by atoms with van der Waals surface area (Å²) in [4.78, 5) is 27.7. The summed E-state index contributed by atoms with van der Waals surface area (Å²) >= 11 is 0. The molecule has 0 saturated carbocycles. The number of rotatable bonds is 2. The Morgan fingerprint density at radius 2 is 2.03 bits per heavy atom. The predicted octanol–water partition coefficient (Wildman–Crippen LogP) is 0.711. The zero-order chi connectivity index (χ0) is 20.4. The third-order valence-electron chi connectivity index (χ3n) is 5.32. The van der Waals surface area contributed by atoms with Gasteiger partial charge in [-0.05, 0) is 6.92 Å². The van der Waals surface area contributed by atoms with Gasteiger partial charge in [0.2, 0.25) is 0 Å². The first-order valence-electron chi connectivity index (χ1n) is 9.71. The quantitative estimate of drug-likeness (QED) is 0.736. The summed E-state index contributed by atoms with van der Waals surface area (Å²) in [6.45, 7) is 6.44. The van der Waals surface area contributed by atoms with E-state index in [0.29, 0.717) is 57.4 Å². The Hall–Kier alpha value is -3.19. The van der Waals surface area contributed by atoms with Gasteiger partial charge in [-0.25, -0.2) is 14.8 Å². The van der Waals surface area contributed by atoms with Gasteiger partial charge in [0, 0.05) is 57.6 Å². The number of carbonyl (C=O) groups is 1. The van der Waals surface area contributed by atoms with Crippen molar-refractivity contribution in [3.8, 4) is 17.3 Å². The second kappa shape index (κ2) is 8.05. The molecule has 0 bridgehead atoms. The van der Waals surface area contributed by atoms with E-state index in [2.05, 4.69) is 21.1 Å². The van der Waals surface area contributed by atoms with Crippen LogP contribution in [0, 0.1) is 11.3 Å². The second-order valence-electron chi connectivity index (χ2n) is 7.31. The summed E-state index contributed by atoms with van der Waals surface area (Å²) in [5.74, 6) is 0.702. The van der Waals surface area contributed by atoms with Crippen molar-refractivity contribution in [1.29, 1.82) is 5.26 Å². The first-order chi connectivity index (χ1) is 14.1. The molecule has 152 valence electrons. The first kappa shape index (κ1) is 19.1. The summed E-state index contributed by atoms with van der Waals surface area (Å²) in [5.41, 5.74) is 1.56. The third kappa shape index (κ3) is 3.86. The summed E-state index contributed by atoms with van der Waals surface area (Å²) in [6, 6.07) is 2.21. The zero-order valence-corrected chi connectivity index (χ0v) is 16.7. The molecule has 2 amide bonds. The first-order valence-corrected chi connectivity index (χ1v) is 9.71. The van der Waals surface area contributed by atoms with Crippen LogP contribution in [0.25, 0.3) is 11.3 Å². The van der Waals surface area contributed by atoms with Crippen LogP contribution in [0.4, 0.5) is 10.6 Å². The number of aryl methyl sites for hydroxylation is 1. The van der Waals surface area contributed by atoms with Crippen LogP contribution < -0.4 is 4.90 Å². The number of urea groups is 1. The average molecular weight is 396 g/mol. The molecule has 1 atom stereocenters. The van der Waals surface area contributed by atoms with Gasteiger partial charge in [-0.2, -0.15) is 10.4 Å². The van der Waals surface area contributed by atoms with Crippen molar-refractivity contribution in [3.63, 3.8) is 0 Å². The van der Waals surface area contributed by atoms with Crippen molar-refractivity contribution in [2.45, 2.75) is 13.0 Å². The van der Waals surface area contributed by atoms with Crippen LogP contribution in [-0.4, -0.2) is 87.6 Å². The highest BCUT2D eigenvalue weighted by Crippen LogP contribution is 2.24. The van der Waals surface area contributed by atoms with Crippen molar-refractivity contribution in [3.05, 3.63) is 24.3 Å². The monoisotopic (exact) mass is 396 g/mol. The van der Waals surface area contributed by atoms with Gasteiger partial charge in [0.05, 0.1) is 25.6 Å². The number of nitriles is 1. The minimum atomic E-state index is 0.0402. The fourth-order valence-electron chi connectivity index (χ4n) is 3.74. The van der Waals surface area contributed by atoms with Crippen molar-refractivity contribution >= 4 is 11.8 Å². The molecule has 4 rings (SSSR count). The summed E-state index contributed by atoms with van der Waals surface area (Å²) in [5, 5.41) is 13.6. The normalized spacial score (nSPS) is 19.9. The minimum Gasteiger partial charge on any atom is -0.378 e. The Kier molecular flexibility index (Phi) is 5.31. The minimum absolute atomic E-state index is 0.0402. The molecule has 2 aromatic heterocycles. The smallest absolute Gasteiger partial charge is 0.320 e. The molecule has 2 saturated heterocycles. The summed E-state index contributed by atoms with van der Waals surface area (Å²) in [7, 11) is 1.82. The highest BCUT2D eigenvalue weighted by molar-refractivity contribution is 5.75. The summed E-state index contributed by atoms with van der Waals surface area (Å²) < 4.78 is 7.01. The maximum absolute atomic E-state index is 12.8. The topological polar surface area (TPSA) is 103 Å². The molecule has 29 heavy (non-hydrogen) atoms. The maximum atomic E-state index is 12.8. The molecule has 0 aromatic carbocycles. The fourth-order valence-corrected chi connectivity index (χ4v) is 3.74. The van der Waals surface area contributed by atoms with Crippen LogP contribution in [0.15, 0.2) is 18.6 Å². The Bertz CT molecular complexity index is 931. The van der Waals surface area contributed by atoms with Crippen LogP contribution >= 0.6 is 0 Å². The number of nitrogens with zero attached hydrogens (tertiary/aromatic N) is 8. The van der Waals surface area contributed by atoms with Crippen LogP contribution in [0.3, 0.4) is 0 Å². The van der Waals surface area contributed by atoms with Crippen LogP contribution in [-0.2, 0) is 11.8 Å². The van der Waals surface area contributed by atoms with E-state index in [1.54, 1.807) is 17.1 Å². The maximum Gasteiger partial charge on any atom is 0.320 e. The fraction of sp³-hybridized carbons (Fsp3) is 0.526. The lowest BCUT2D eigenvalue weighted by atomic mass is 10.2. The number of piperazine rings is 1. The number of ether oxygens (including phenoxy) is 1. The van der Waals surface area contributed by atoms with Crippen molar-refractivity contribution < 1.29 is 9.53 Å². The Labute approximate surface area is 169 Å². The van der Waals surface area contributed by atoms with Gasteiger partial charge >= 0.3 is 6.03 Å². The van der Waals surface area contributed by atoms with Gasteiger partial charge in [0.25, 0.3) is 0 Å². The van der Waals surface area contributed by atoms with Crippen molar-refractivity contribution in [1.82, 2.24) is 29.5 Å². The number of hydrogen-bond donors (Lipinski definition) is 0. The molecule has 10 nitrogen and oxygen atoms in total. The van der Waals surface area contributed by atoms with E-state index in [1.165, 1.54) is 0 Å². The highest BCUT2D eigenvalue weighted by Gasteiger charge is 2.32. The van der Waals surface area contributed by atoms with Crippen LogP contribution in [0.1, 0.15) is 12.6 Å². The lowest BCUT2D eigenvalue weighted by molar-refractivity contribution is 0.0389. The van der Waals surface area contributed by atoms with Crippen LogP contribution in [0.5, 0.6) is 0 Å². The number of amides is 2. The van der Waals surface area contributed by atoms with Gasteiger partial charge in [0.1, 0.15) is 17.6 Å². The number of hydrogen-bond acceptors (Lipinski definition) is 7. The van der Waals surface area contributed by atoms with Gasteiger partial charge in [-0.3, -0.25) is 4.68 Å². The third-order valence-corrected chi connectivity index (χ3v) is 5.32. The molecule has 10 heteroatoms. The molecule has 0 N–H and O–H groups in total. The van der Waals surface area contributed by atoms with Crippen molar-refractivity contribution in [2.75, 3.05) is 50.8 Å². The molecule has 2 fully saturated rings. The second-order valence-corrected chi connectivity index (χ2v) is 7.31. The van der Waals surface area contributed by atoms with Crippen LogP contribution in [0.2, 0.25) is 0 Å². The average Bonchev–Trinajstić information content (AvgIpc) is 3.19. The lowest BCUT2D eigenvalue weighted by Crippen LogP contribution is -2.58. The van der Waals surface area contributed by atoms with Crippen molar-refractivity contribution in [2.24, 2.45) is 7.05 Å². The molecule has 0 unspecified atom stereocenters. The molecule has 2 aliphatic heterocycles. The summed E-state index contributed by atoms with van der Waals surface area (Å²) in [6.07, 6.45) is 5.12. The SMILES string of the molecule is C[C@@H]1CN(c2cnc(C#N)c(-c3cnn(C)c3)n2)CCN1C(=O)N1CCOCC1. The van der Waals surface area contributed by atoms with E-state index < -0.39 is 0 Å². The van der Waals surface area contributed by atoms with Gasteiger partial charge in [-0.15, -0.1) is 0 Å². The largest absolute Gasteiger partial charge is 0.378 e. The molecule has 2 aromatic rings. The lowest BCUT2D eigenvalue weighted by Gasteiger charge is -2.42. The van der Waals surface area contributed by atoms with Gasteiger partial charge < -0.3 is 19.4 Å². The molecule has 2 aliphatic rings. The number of carbonyl (C=O) groups excluding carboxylic acids is 1. The van der Waals surface area contributed by atoms with Gasteiger partial charge in [-0.1, -0.05) is 0 Å². The van der Waals surface area contributed by atoms with E-state index in [0.717, 1.165) is 5.56 Å². The Morgan fingerprint density at radius 3 is 2.69 bits per heavy atom. The Balaban J connectivity index is 1.50. The van der Waals surface area contributed by atoms with E-state index in [-0.39, 0.29) is 17.8 Å². The molecular formula is C19H24N8O2. The molecule has 0 radical (unpaired) electrons. The number of morpholine rings is 1. The number of aromatic nitrogens is 4. The molecule has 4 heterocycles. The number of anilines is 1. The van der Waals surface area contributed by atoms with Gasteiger partial charge in [0.15, 0.2) is 5.69 Å². The van der Waals surface area contributed by atoms with E-state index in [1.807, 2.05) is 30.0 Å². The zero-order valence-electron chi connectivity index (χ0n) is 16.7. The van der Waals surface area contributed by atoms with E-state index >= 15 is 0 Å². The Morgan fingerprint density at radius 1 is 1.24 bits per heavy atom. The molecular weight excluding hydrogens is 372 g/mol. The highest BCUT2D eigenvalue weighted by atomic mass is 16.5.